The second kappa shape index (κ2) is 6.83. The molecular formula is C15H20O2S. The molecule has 0 atom stereocenters. The van der Waals surface area contributed by atoms with Gasteiger partial charge in [0.1, 0.15) is 0 Å². The Morgan fingerprint density at radius 1 is 1.33 bits per heavy atom. The molecule has 1 aromatic rings. The number of aliphatic carboxylic acids is 1. The lowest BCUT2D eigenvalue weighted by Gasteiger charge is -2.22. The molecule has 1 aliphatic heterocycles. The van der Waals surface area contributed by atoms with Crippen molar-refractivity contribution < 1.29 is 9.90 Å². The average Bonchev–Trinajstić information content (AvgIpc) is 2.40. The smallest absolute Gasteiger partial charge is 0.303 e. The van der Waals surface area contributed by atoms with E-state index in [1.165, 1.54) is 35.5 Å². The third-order valence-electron chi connectivity index (χ3n) is 3.50. The van der Waals surface area contributed by atoms with Crippen LogP contribution in [0.3, 0.4) is 0 Å². The molecular weight excluding hydrogens is 244 g/mol. The highest BCUT2D eigenvalue weighted by molar-refractivity contribution is 7.99. The molecule has 1 aromatic carbocycles. The minimum atomic E-state index is -0.699. The Bertz CT molecular complexity index is 397. The number of benzene rings is 1. The van der Waals surface area contributed by atoms with E-state index in [1.54, 1.807) is 0 Å². The summed E-state index contributed by atoms with van der Waals surface area (Å²) in [6.45, 7) is 0. The summed E-state index contributed by atoms with van der Waals surface area (Å²) in [6, 6.07) is 8.74. The molecule has 0 bridgehead atoms. The second-order valence-corrected chi connectivity index (χ2v) is 6.10. The number of carboxylic acids is 1. The second-order valence-electron chi connectivity index (χ2n) is 4.88. The van der Waals surface area contributed by atoms with Crippen molar-refractivity contribution in [2.45, 2.75) is 38.0 Å². The fourth-order valence-electron chi connectivity index (χ4n) is 2.48. The highest BCUT2D eigenvalue weighted by atomic mass is 32.2. The maximum absolute atomic E-state index is 10.5. The molecule has 1 N–H and O–H groups in total. The number of hydrogen-bond donors (Lipinski definition) is 1. The molecule has 1 aliphatic rings. The largest absolute Gasteiger partial charge is 0.481 e. The highest BCUT2D eigenvalue weighted by Gasteiger charge is 2.15. The molecule has 0 aliphatic carbocycles. The molecule has 2 rings (SSSR count). The van der Waals surface area contributed by atoms with Crippen molar-refractivity contribution in [2.24, 2.45) is 0 Å². The Kier molecular flexibility index (Phi) is 5.12. The molecule has 1 fully saturated rings. The number of aryl methyl sites for hydroxylation is 1. The van der Waals surface area contributed by atoms with Gasteiger partial charge in [-0.2, -0.15) is 11.8 Å². The fourth-order valence-corrected chi connectivity index (χ4v) is 3.58. The van der Waals surface area contributed by atoms with E-state index in [2.05, 4.69) is 24.3 Å². The number of hydrogen-bond acceptors (Lipinski definition) is 2. The summed E-state index contributed by atoms with van der Waals surface area (Å²) in [5.74, 6) is 2.56. The number of rotatable bonds is 5. The lowest BCUT2D eigenvalue weighted by atomic mass is 9.91. The lowest BCUT2D eigenvalue weighted by molar-refractivity contribution is -0.137. The van der Waals surface area contributed by atoms with Crippen molar-refractivity contribution in [2.75, 3.05) is 11.5 Å². The summed E-state index contributed by atoms with van der Waals surface area (Å²) in [6.07, 6.45) is 4.44. The maximum Gasteiger partial charge on any atom is 0.303 e. The summed E-state index contributed by atoms with van der Waals surface area (Å²) in [5.41, 5.74) is 2.73. The van der Waals surface area contributed by atoms with Gasteiger partial charge in [-0.15, -0.1) is 0 Å². The summed E-state index contributed by atoms with van der Waals surface area (Å²) in [5, 5.41) is 8.65. The molecule has 18 heavy (non-hydrogen) atoms. The van der Waals surface area contributed by atoms with Crippen LogP contribution in [0.2, 0.25) is 0 Å². The molecule has 1 saturated heterocycles. The van der Waals surface area contributed by atoms with E-state index >= 15 is 0 Å². The normalized spacial score (nSPS) is 16.7. The van der Waals surface area contributed by atoms with Gasteiger partial charge in [0.15, 0.2) is 0 Å². The minimum Gasteiger partial charge on any atom is -0.481 e. The first kappa shape index (κ1) is 13.5. The van der Waals surface area contributed by atoms with Crippen LogP contribution in [0.4, 0.5) is 0 Å². The molecule has 2 nitrogen and oxygen atoms in total. The average molecular weight is 264 g/mol. The van der Waals surface area contributed by atoms with Crippen LogP contribution in [0, 0.1) is 0 Å². The van der Waals surface area contributed by atoms with Crippen LogP contribution >= 0.6 is 11.8 Å². The van der Waals surface area contributed by atoms with Gasteiger partial charge in [-0.25, -0.2) is 0 Å². The van der Waals surface area contributed by atoms with Crippen LogP contribution in [0.5, 0.6) is 0 Å². The topological polar surface area (TPSA) is 37.3 Å². The van der Waals surface area contributed by atoms with E-state index in [4.69, 9.17) is 5.11 Å². The first-order valence-corrected chi connectivity index (χ1v) is 7.79. The molecule has 3 heteroatoms. The zero-order valence-electron chi connectivity index (χ0n) is 10.6. The zero-order chi connectivity index (χ0) is 12.8. The van der Waals surface area contributed by atoms with Crippen LogP contribution in [0.1, 0.15) is 42.7 Å². The molecule has 0 aromatic heterocycles. The van der Waals surface area contributed by atoms with Gasteiger partial charge in [0.2, 0.25) is 0 Å². The zero-order valence-corrected chi connectivity index (χ0v) is 11.4. The first-order chi connectivity index (χ1) is 8.75. The van der Waals surface area contributed by atoms with E-state index in [0.29, 0.717) is 5.92 Å². The van der Waals surface area contributed by atoms with E-state index in [9.17, 15) is 4.79 Å². The number of carbonyl (C=O) groups is 1. The molecule has 0 radical (unpaired) electrons. The van der Waals surface area contributed by atoms with Crippen molar-refractivity contribution in [1.29, 1.82) is 0 Å². The van der Waals surface area contributed by atoms with Gasteiger partial charge in [-0.05, 0) is 54.2 Å². The molecule has 0 unspecified atom stereocenters. The van der Waals surface area contributed by atoms with E-state index < -0.39 is 5.97 Å². The van der Waals surface area contributed by atoms with E-state index in [0.717, 1.165) is 12.8 Å². The molecule has 0 amide bonds. The Morgan fingerprint density at radius 2 is 2.11 bits per heavy atom. The SMILES string of the molecule is O=C(O)CCCc1cccc(C2CCSCC2)c1. The van der Waals surface area contributed by atoms with E-state index in [-0.39, 0.29) is 6.42 Å². The minimum absolute atomic E-state index is 0.268. The van der Waals surface area contributed by atoms with Crippen LogP contribution < -0.4 is 0 Å². The summed E-state index contributed by atoms with van der Waals surface area (Å²) in [7, 11) is 0. The number of thioether (sulfide) groups is 1. The van der Waals surface area contributed by atoms with Gasteiger partial charge < -0.3 is 5.11 Å². The Balaban J connectivity index is 1.93. The van der Waals surface area contributed by atoms with Gasteiger partial charge in [0, 0.05) is 6.42 Å². The van der Waals surface area contributed by atoms with Crippen molar-refractivity contribution in [3.8, 4) is 0 Å². The van der Waals surface area contributed by atoms with Crippen LogP contribution in [-0.2, 0) is 11.2 Å². The quantitative estimate of drug-likeness (QED) is 0.881. The third-order valence-corrected chi connectivity index (χ3v) is 4.55. The monoisotopic (exact) mass is 264 g/mol. The fraction of sp³-hybridized carbons (Fsp3) is 0.533. The van der Waals surface area contributed by atoms with Crippen LogP contribution in [0.25, 0.3) is 0 Å². The molecule has 0 spiro atoms. The molecule has 0 saturated carbocycles. The summed E-state index contributed by atoms with van der Waals surface area (Å²) in [4.78, 5) is 10.5. The van der Waals surface area contributed by atoms with Gasteiger partial charge in [0.05, 0.1) is 0 Å². The standard InChI is InChI=1S/C15H20O2S/c16-15(17)6-2-4-12-3-1-5-14(11-12)13-7-9-18-10-8-13/h1,3,5,11,13H,2,4,6-10H2,(H,16,17). The van der Waals surface area contributed by atoms with Gasteiger partial charge in [0.25, 0.3) is 0 Å². The van der Waals surface area contributed by atoms with Crippen LogP contribution in [0.15, 0.2) is 24.3 Å². The molecule has 1 heterocycles. The Labute approximate surface area is 113 Å². The van der Waals surface area contributed by atoms with Crippen molar-refractivity contribution in [3.05, 3.63) is 35.4 Å². The van der Waals surface area contributed by atoms with E-state index in [1.807, 2.05) is 11.8 Å². The first-order valence-electron chi connectivity index (χ1n) is 6.64. The van der Waals surface area contributed by atoms with Crippen LogP contribution in [-0.4, -0.2) is 22.6 Å². The predicted octanol–water partition coefficient (Wildman–Crippen LogP) is 3.70. The Hall–Kier alpha value is -0.960. The lowest BCUT2D eigenvalue weighted by Crippen LogP contribution is -2.08. The predicted molar refractivity (Wildman–Crippen MR) is 76.3 cm³/mol. The summed E-state index contributed by atoms with van der Waals surface area (Å²) >= 11 is 2.05. The number of carboxylic acid groups (broad SMARTS) is 1. The third kappa shape index (κ3) is 4.05. The van der Waals surface area contributed by atoms with Gasteiger partial charge in [-0.1, -0.05) is 24.3 Å². The van der Waals surface area contributed by atoms with Gasteiger partial charge >= 0.3 is 5.97 Å². The van der Waals surface area contributed by atoms with Crippen molar-refractivity contribution in [1.82, 2.24) is 0 Å². The Morgan fingerprint density at radius 3 is 2.83 bits per heavy atom. The highest BCUT2D eigenvalue weighted by Crippen LogP contribution is 2.31. The van der Waals surface area contributed by atoms with Crippen molar-refractivity contribution in [3.63, 3.8) is 0 Å². The maximum atomic E-state index is 10.5. The molecule has 98 valence electrons. The van der Waals surface area contributed by atoms with Gasteiger partial charge in [-0.3, -0.25) is 4.79 Å². The van der Waals surface area contributed by atoms with Crippen molar-refractivity contribution >= 4 is 17.7 Å². The summed E-state index contributed by atoms with van der Waals surface area (Å²) < 4.78 is 0.